The van der Waals surface area contributed by atoms with Crippen LogP contribution < -0.4 is 10.6 Å². The van der Waals surface area contributed by atoms with E-state index in [9.17, 15) is 4.79 Å². The molecule has 2 aliphatic rings. The highest BCUT2D eigenvalue weighted by Gasteiger charge is 2.30. The molecule has 2 fully saturated rings. The average molecular weight is 212 g/mol. The summed E-state index contributed by atoms with van der Waals surface area (Å²) < 4.78 is 5.51. The van der Waals surface area contributed by atoms with Crippen molar-refractivity contribution in [2.24, 2.45) is 5.92 Å². The van der Waals surface area contributed by atoms with Crippen LogP contribution in [0.5, 0.6) is 0 Å². The van der Waals surface area contributed by atoms with Crippen LogP contribution in [0.4, 0.5) is 0 Å². The largest absolute Gasteiger partial charge is 0.368 e. The molecule has 2 N–H and O–H groups in total. The second kappa shape index (κ2) is 4.94. The summed E-state index contributed by atoms with van der Waals surface area (Å²) in [5.41, 5.74) is 0. The van der Waals surface area contributed by atoms with Gasteiger partial charge in [-0.15, -0.1) is 0 Å². The minimum absolute atomic E-state index is 0.0505. The lowest BCUT2D eigenvalue weighted by Crippen LogP contribution is -2.39. The Hall–Kier alpha value is -0.610. The first-order chi connectivity index (χ1) is 7.28. The Morgan fingerprint density at radius 2 is 2.13 bits per heavy atom. The summed E-state index contributed by atoms with van der Waals surface area (Å²) in [5.74, 6) is 0.793. The molecule has 0 atom stereocenters. The zero-order chi connectivity index (χ0) is 10.7. The molecule has 0 aromatic heterocycles. The van der Waals surface area contributed by atoms with E-state index in [-0.39, 0.29) is 12.5 Å². The van der Waals surface area contributed by atoms with Crippen LogP contribution >= 0.6 is 0 Å². The van der Waals surface area contributed by atoms with Gasteiger partial charge in [-0.1, -0.05) is 0 Å². The number of amides is 1. The van der Waals surface area contributed by atoms with Crippen molar-refractivity contribution in [3.8, 4) is 0 Å². The van der Waals surface area contributed by atoms with E-state index in [1.807, 2.05) is 7.05 Å². The zero-order valence-corrected chi connectivity index (χ0v) is 9.29. The molecule has 2 saturated carbocycles. The maximum absolute atomic E-state index is 11.3. The molecule has 0 heterocycles. The van der Waals surface area contributed by atoms with Gasteiger partial charge in [-0.2, -0.15) is 0 Å². The summed E-state index contributed by atoms with van der Waals surface area (Å²) in [7, 11) is 1.97. The third-order valence-corrected chi connectivity index (χ3v) is 3.08. The first kappa shape index (κ1) is 10.9. The third-order valence-electron chi connectivity index (χ3n) is 3.08. The maximum Gasteiger partial charge on any atom is 0.246 e. The van der Waals surface area contributed by atoms with E-state index >= 15 is 0 Å². The van der Waals surface area contributed by atoms with Crippen LogP contribution in [0, 0.1) is 5.92 Å². The van der Waals surface area contributed by atoms with Crippen molar-refractivity contribution in [3.63, 3.8) is 0 Å². The predicted molar refractivity (Wildman–Crippen MR) is 57.6 cm³/mol. The first-order valence-corrected chi connectivity index (χ1v) is 5.83. The molecule has 0 aromatic carbocycles. The molecule has 1 amide bonds. The number of hydrogen-bond acceptors (Lipinski definition) is 3. The third kappa shape index (κ3) is 3.47. The summed E-state index contributed by atoms with van der Waals surface area (Å²) in [6.45, 7) is 1.31. The Labute approximate surface area is 90.8 Å². The van der Waals surface area contributed by atoms with E-state index in [1.165, 1.54) is 0 Å². The lowest BCUT2D eigenvalue weighted by Gasteiger charge is -2.34. The van der Waals surface area contributed by atoms with Gasteiger partial charge < -0.3 is 15.4 Å². The Morgan fingerprint density at radius 3 is 2.73 bits per heavy atom. The SMILES string of the molecule is CNCC1CC(OCC(=O)NC2CC2)C1. The number of ether oxygens (including phenoxy) is 1. The van der Waals surface area contributed by atoms with Crippen LogP contribution in [0.3, 0.4) is 0 Å². The van der Waals surface area contributed by atoms with Gasteiger partial charge >= 0.3 is 0 Å². The van der Waals surface area contributed by atoms with Crippen molar-refractivity contribution in [2.45, 2.75) is 37.8 Å². The molecule has 86 valence electrons. The summed E-state index contributed by atoms with van der Waals surface area (Å²) in [6, 6.07) is 0.444. The lowest BCUT2D eigenvalue weighted by atomic mass is 9.82. The van der Waals surface area contributed by atoms with Gasteiger partial charge in [0.1, 0.15) is 6.61 Å². The standard InChI is InChI=1S/C11H20N2O2/c1-12-6-8-4-10(5-8)15-7-11(14)13-9-2-3-9/h8-10,12H,2-7H2,1H3,(H,13,14). The molecule has 4 heteroatoms. The fraction of sp³-hybridized carbons (Fsp3) is 0.909. The van der Waals surface area contributed by atoms with Crippen LogP contribution in [0.2, 0.25) is 0 Å². The molecule has 0 radical (unpaired) electrons. The smallest absolute Gasteiger partial charge is 0.246 e. The maximum atomic E-state index is 11.3. The number of hydrogen-bond donors (Lipinski definition) is 2. The van der Waals surface area contributed by atoms with Crippen molar-refractivity contribution in [3.05, 3.63) is 0 Å². The molecule has 2 aliphatic carbocycles. The van der Waals surface area contributed by atoms with Crippen LogP contribution in [0.15, 0.2) is 0 Å². The molecular formula is C11H20N2O2. The van der Waals surface area contributed by atoms with Crippen LogP contribution in [-0.4, -0.2) is 38.3 Å². The van der Waals surface area contributed by atoms with Gasteiger partial charge in [-0.05, 0) is 45.2 Å². The van der Waals surface area contributed by atoms with E-state index in [0.717, 1.165) is 38.1 Å². The van der Waals surface area contributed by atoms with Crippen LogP contribution in [0.1, 0.15) is 25.7 Å². The zero-order valence-electron chi connectivity index (χ0n) is 9.29. The Kier molecular flexibility index (Phi) is 3.59. The van der Waals surface area contributed by atoms with Crippen molar-refractivity contribution < 1.29 is 9.53 Å². The fourth-order valence-corrected chi connectivity index (χ4v) is 1.96. The van der Waals surface area contributed by atoms with Gasteiger partial charge in [0.05, 0.1) is 6.10 Å². The first-order valence-electron chi connectivity index (χ1n) is 5.83. The van der Waals surface area contributed by atoms with E-state index < -0.39 is 0 Å². The highest BCUT2D eigenvalue weighted by atomic mass is 16.5. The predicted octanol–water partition coefficient (Wildman–Crippen LogP) is 0.280. The minimum atomic E-state index is 0.0505. The van der Waals surface area contributed by atoms with E-state index in [0.29, 0.717) is 12.1 Å². The topological polar surface area (TPSA) is 50.4 Å². The second-order valence-corrected chi connectivity index (χ2v) is 4.67. The molecule has 0 aliphatic heterocycles. The Balaban J connectivity index is 1.49. The molecular weight excluding hydrogens is 192 g/mol. The van der Waals surface area contributed by atoms with Gasteiger partial charge in [0.2, 0.25) is 5.91 Å². The van der Waals surface area contributed by atoms with Crippen molar-refractivity contribution in [2.75, 3.05) is 20.2 Å². The molecule has 0 spiro atoms. The summed E-state index contributed by atoms with van der Waals surface area (Å²) in [4.78, 5) is 11.3. The lowest BCUT2D eigenvalue weighted by molar-refractivity contribution is -0.131. The van der Waals surface area contributed by atoms with E-state index in [4.69, 9.17) is 4.74 Å². The number of rotatable bonds is 6. The highest BCUT2D eigenvalue weighted by Crippen LogP contribution is 2.29. The molecule has 2 rings (SSSR count). The van der Waals surface area contributed by atoms with Crippen LogP contribution in [-0.2, 0) is 9.53 Å². The molecule has 15 heavy (non-hydrogen) atoms. The highest BCUT2D eigenvalue weighted by molar-refractivity contribution is 5.77. The molecule has 0 saturated heterocycles. The number of carbonyl (C=O) groups excluding carboxylic acids is 1. The van der Waals surface area contributed by atoms with Gasteiger partial charge in [0.15, 0.2) is 0 Å². The van der Waals surface area contributed by atoms with E-state index in [2.05, 4.69) is 10.6 Å². The monoisotopic (exact) mass is 212 g/mol. The summed E-state index contributed by atoms with van der Waals surface area (Å²) in [5, 5.41) is 6.07. The Morgan fingerprint density at radius 1 is 1.40 bits per heavy atom. The normalized spacial score (nSPS) is 29.7. The van der Waals surface area contributed by atoms with Crippen LogP contribution in [0.25, 0.3) is 0 Å². The number of carbonyl (C=O) groups is 1. The van der Waals surface area contributed by atoms with Gasteiger partial charge in [-0.25, -0.2) is 0 Å². The van der Waals surface area contributed by atoms with Gasteiger partial charge in [0.25, 0.3) is 0 Å². The minimum Gasteiger partial charge on any atom is -0.368 e. The summed E-state index contributed by atoms with van der Waals surface area (Å²) >= 11 is 0. The average Bonchev–Trinajstić information content (AvgIpc) is 2.92. The van der Waals surface area contributed by atoms with Crippen molar-refractivity contribution >= 4 is 5.91 Å². The molecule has 0 unspecified atom stereocenters. The number of nitrogens with one attached hydrogen (secondary N) is 2. The van der Waals surface area contributed by atoms with Crippen molar-refractivity contribution in [1.29, 1.82) is 0 Å². The fourth-order valence-electron chi connectivity index (χ4n) is 1.96. The van der Waals surface area contributed by atoms with Gasteiger partial charge in [-0.3, -0.25) is 4.79 Å². The summed E-state index contributed by atoms with van der Waals surface area (Å²) in [6.07, 6.45) is 4.78. The van der Waals surface area contributed by atoms with Gasteiger partial charge in [0, 0.05) is 6.04 Å². The molecule has 0 bridgehead atoms. The Bertz CT molecular complexity index is 223. The molecule has 4 nitrogen and oxygen atoms in total. The second-order valence-electron chi connectivity index (χ2n) is 4.67. The van der Waals surface area contributed by atoms with E-state index in [1.54, 1.807) is 0 Å². The quantitative estimate of drug-likeness (QED) is 0.665. The van der Waals surface area contributed by atoms with Crippen molar-refractivity contribution in [1.82, 2.24) is 10.6 Å². The molecule has 0 aromatic rings.